The van der Waals surface area contributed by atoms with Crippen molar-refractivity contribution in [3.05, 3.63) is 36.1 Å². The largest absolute Gasteiger partial charge is 0.453 e. The molecule has 84 valence electrons. The van der Waals surface area contributed by atoms with Gasteiger partial charge in [0, 0.05) is 12.0 Å². The van der Waals surface area contributed by atoms with Gasteiger partial charge in [-0.05, 0) is 18.6 Å². The summed E-state index contributed by atoms with van der Waals surface area (Å²) in [6, 6.07) is 9.32. The molecule has 0 amide bonds. The topological polar surface area (TPSA) is 39.4 Å². The van der Waals surface area contributed by atoms with Crippen molar-refractivity contribution >= 4 is 16.8 Å². The van der Waals surface area contributed by atoms with Crippen molar-refractivity contribution in [2.45, 2.75) is 13.3 Å². The molecule has 1 heterocycles. The minimum atomic E-state index is -0.107. The summed E-state index contributed by atoms with van der Waals surface area (Å²) in [6.07, 6.45) is 0.910. The number of rotatable bonds is 5. The summed E-state index contributed by atoms with van der Waals surface area (Å²) in [6.45, 7) is 2.70. The number of benzene rings is 1. The Morgan fingerprint density at radius 3 is 2.94 bits per heavy atom. The van der Waals surface area contributed by atoms with E-state index in [-0.39, 0.29) is 12.4 Å². The maximum absolute atomic E-state index is 11.7. The van der Waals surface area contributed by atoms with Gasteiger partial charge in [-0.15, -0.1) is 0 Å². The second kappa shape index (κ2) is 4.94. The molecular formula is C13H14O3. The first-order chi connectivity index (χ1) is 7.81. The Bertz CT molecular complexity index is 452. The summed E-state index contributed by atoms with van der Waals surface area (Å²) in [5.74, 6) is 0.266. The second-order valence-corrected chi connectivity index (χ2v) is 3.62. The number of hydrogen-bond acceptors (Lipinski definition) is 3. The fourth-order valence-electron chi connectivity index (χ4n) is 1.50. The first kappa shape index (κ1) is 10.9. The third-order valence-corrected chi connectivity index (χ3v) is 2.28. The molecule has 0 spiro atoms. The van der Waals surface area contributed by atoms with Crippen LogP contribution in [0.3, 0.4) is 0 Å². The lowest BCUT2D eigenvalue weighted by atomic mass is 10.2. The third kappa shape index (κ3) is 2.31. The van der Waals surface area contributed by atoms with E-state index in [9.17, 15) is 4.79 Å². The number of Topliss-reactive ketones (excluding diaryl/α,β-unsaturated/α-hetero) is 1. The third-order valence-electron chi connectivity index (χ3n) is 2.28. The van der Waals surface area contributed by atoms with Gasteiger partial charge in [0.05, 0.1) is 0 Å². The molecule has 1 aromatic carbocycles. The first-order valence-corrected chi connectivity index (χ1v) is 5.41. The summed E-state index contributed by atoms with van der Waals surface area (Å²) in [5, 5.41) is 0.946. The predicted octanol–water partition coefficient (Wildman–Crippen LogP) is 3.04. The van der Waals surface area contributed by atoms with Crippen LogP contribution in [-0.4, -0.2) is 19.0 Å². The van der Waals surface area contributed by atoms with E-state index in [0.717, 1.165) is 17.4 Å². The Hall–Kier alpha value is -1.61. The molecule has 3 heteroatoms. The number of furan rings is 1. The Kier molecular flexibility index (Phi) is 3.37. The Morgan fingerprint density at radius 1 is 1.38 bits per heavy atom. The molecule has 0 unspecified atom stereocenters. The van der Waals surface area contributed by atoms with Crippen LogP contribution in [-0.2, 0) is 4.74 Å². The Balaban J connectivity index is 2.11. The molecule has 0 aliphatic heterocycles. The number of ketones is 1. The van der Waals surface area contributed by atoms with Crippen LogP contribution in [0.4, 0.5) is 0 Å². The van der Waals surface area contributed by atoms with Crippen LogP contribution >= 0.6 is 0 Å². The number of carbonyl (C=O) groups excluding carboxylic acids is 1. The van der Waals surface area contributed by atoms with Gasteiger partial charge in [-0.1, -0.05) is 25.1 Å². The number of ether oxygens (including phenoxy) is 1. The molecule has 2 aromatic rings. The normalized spacial score (nSPS) is 10.8. The lowest BCUT2D eigenvalue weighted by Gasteiger charge is -1.98. The Morgan fingerprint density at radius 2 is 2.19 bits per heavy atom. The van der Waals surface area contributed by atoms with Gasteiger partial charge < -0.3 is 9.15 Å². The highest BCUT2D eigenvalue weighted by atomic mass is 16.5. The maximum atomic E-state index is 11.7. The minimum Gasteiger partial charge on any atom is -0.453 e. The van der Waals surface area contributed by atoms with Crippen LogP contribution in [0.2, 0.25) is 0 Å². The van der Waals surface area contributed by atoms with Crippen molar-refractivity contribution in [3.63, 3.8) is 0 Å². The number of hydrogen-bond donors (Lipinski definition) is 0. The summed E-state index contributed by atoms with van der Waals surface area (Å²) in [7, 11) is 0. The van der Waals surface area contributed by atoms with E-state index in [4.69, 9.17) is 9.15 Å². The van der Waals surface area contributed by atoms with E-state index in [2.05, 4.69) is 0 Å². The molecule has 1 aromatic heterocycles. The molecular weight excluding hydrogens is 204 g/mol. The lowest BCUT2D eigenvalue weighted by Crippen LogP contribution is -2.08. The van der Waals surface area contributed by atoms with Crippen LogP contribution in [0, 0.1) is 0 Å². The van der Waals surface area contributed by atoms with Crippen LogP contribution in [0.25, 0.3) is 11.0 Å². The molecule has 0 aliphatic rings. The highest BCUT2D eigenvalue weighted by Crippen LogP contribution is 2.19. The standard InChI is InChI=1S/C13H14O3/c1-2-7-15-9-11(14)13-8-10-5-3-4-6-12(10)16-13/h3-6,8H,2,7,9H2,1H3. The highest BCUT2D eigenvalue weighted by Gasteiger charge is 2.11. The average Bonchev–Trinajstić information content (AvgIpc) is 2.73. The molecule has 16 heavy (non-hydrogen) atoms. The van der Waals surface area contributed by atoms with Crippen LogP contribution in [0.5, 0.6) is 0 Å². The van der Waals surface area contributed by atoms with Crippen LogP contribution in [0.15, 0.2) is 34.7 Å². The van der Waals surface area contributed by atoms with Gasteiger partial charge in [0.2, 0.25) is 5.78 Å². The van der Waals surface area contributed by atoms with Gasteiger partial charge in [0.15, 0.2) is 5.76 Å². The number of fused-ring (bicyclic) bond motifs is 1. The van der Waals surface area contributed by atoms with E-state index >= 15 is 0 Å². The monoisotopic (exact) mass is 218 g/mol. The fourth-order valence-corrected chi connectivity index (χ4v) is 1.50. The molecule has 0 atom stereocenters. The minimum absolute atomic E-state index is 0.0909. The quantitative estimate of drug-likeness (QED) is 0.572. The molecule has 2 rings (SSSR count). The van der Waals surface area contributed by atoms with Crippen molar-refractivity contribution in [1.82, 2.24) is 0 Å². The van der Waals surface area contributed by atoms with Gasteiger partial charge in [-0.2, -0.15) is 0 Å². The van der Waals surface area contributed by atoms with Crippen LogP contribution in [0.1, 0.15) is 23.9 Å². The molecule has 0 aliphatic carbocycles. The van der Waals surface area contributed by atoms with E-state index in [1.54, 1.807) is 6.07 Å². The number of carbonyl (C=O) groups is 1. The van der Waals surface area contributed by atoms with Crippen molar-refractivity contribution in [2.75, 3.05) is 13.2 Å². The maximum Gasteiger partial charge on any atom is 0.223 e. The van der Waals surface area contributed by atoms with Crippen LogP contribution < -0.4 is 0 Å². The highest BCUT2D eigenvalue weighted by molar-refractivity contribution is 5.98. The van der Waals surface area contributed by atoms with E-state index in [1.165, 1.54) is 0 Å². The van der Waals surface area contributed by atoms with Crippen molar-refractivity contribution in [3.8, 4) is 0 Å². The molecule has 0 N–H and O–H groups in total. The summed E-state index contributed by atoms with van der Waals surface area (Å²) in [4.78, 5) is 11.7. The summed E-state index contributed by atoms with van der Waals surface area (Å²) >= 11 is 0. The zero-order valence-corrected chi connectivity index (χ0v) is 9.23. The smallest absolute Gasteiger partial charge is 0.223 e. The molecule has 0 saturated carbocycles. The molecule has 0 radical (unpaired) electrons. The first-order valence-electron chi connectivity index (χ1n) is 5.41. The predicted molar refractivity (Wildman–Crippen MR) is 61.7 cm³/mol. The SMILES string of the molecule is CCCOCC(=O)c1cc2ccccc2o1. The number of para-hydroxylation sites is 1. The molecule has 3 nitrogen and oxygen atoms in total. The van der Waals surface area contributed by atoms with Crippen molar-refractivity contribution < 1.29 is 13.9 Å². The van der Waals surface area contributed by atoms with Crippen molar-refractivity contribution in [2.24, 2.45) is 0 Å². The second-order valence-electron chi connectivity index (χ2n) is 3.62. The van der Waals surface area contributed by atoms with E-state index < -0.39 is 0 Å². The molecule has 0 bridgehead atoms. The van der Waals surface area contributed by atoms with Gasteiger partial charge in [0.25, 0.3) is 0 Å². The zero-order chi connectivity index (χ0) is 11.4. The van der Waals surface area contributed by atoms with E-state index in [0.29, 0.717) is 12.4 Å². The van der Waals surface area contributed by atoms with Gasteiger partial charge in [-0.3, -0.25) is 4.79 Å². The van der Waals surface area contributed by atoms with Gasteiger partial charge >= 0.3 is 0 Å². The van der Waals surface area contributed by atoms with Gasteiger partial charge in [-0.25, -0.2) is 0 Å². The molecule has 0 fully saturated rings. The van der Waals surface area contributed by atoms with Gasteiger partial charge in [0.1, 0.15) is 12.2 Å². The lowest BCUT2D eigenvalue weighted by molar-refractivity contribution is 0.0736. The summed E-state index contributed by atoms with van der Waals surface area (Å²) < 4.78 is 10.6. The zero-order valence-electron chi connectivity index (χ0n) is 9.23. The van der Waals surface area contributed by atoms with E-state index in [1.807, 2.05) is 31.2 Å². The summed E-state index contributed by atoms with van der Waals surface area (Å²) in [5.41, 5.74) is 0.737. The molecule has 0 saturated heterocycles. The average molecular weight is 218 g/mol. The Labute approximate surface area is 94.0 Å². The van der Waals surface area contributed by atoms with Crippen molar-refractivity contribution in [1.29, 1.82) is 0 Å². The fraction of sp³-hybridized carbons (Fsp3) is 0.308.